The van der Waals surface area contributed by atoms with Crippen LogP contribution in [0.4, 0.5) is 0 Å². The highest BCUT2D eigenvalue weighted by Gasteiger charge is 2.54. The van der Waals surface area contributed by atoms with E-state index in [1.807, 2.05) is 37.3 Å². The number of rotatable bonds is 4. The van der Waals surface area contributed by atoms with Gasteiger partial charge in [-0.2, -0.15) is 0 Å². The van der Waals surface area contributed by atoms with Crippen LogP contribution in [0.25, 0.3) is 0 Å². The second-order valence-corrected chi connectivity index (χ2v) is 7.37. The fraction of sp³-hybridized carbons (Fsp3) is 0.600. The average molecular weight is 345 g/mol. The van der Waals surface area contributed by atoms with Crippen LogP contribution in [0.1, 0.15) is 57.4 Å². The van der Waals surface area contributed by atoms with Crippen molar-refractivity contribution in [3.05, 3.63) is 35.9 Å². The lowest BCUT2D eigenvalue weighted by atomic mass is 9.82. The van der Waals surface area contributed by atoms with E-state index in [4.69, 9.17) is 4.74 Å². The highest BCUT2D eigenvalue weighted by Crippen LogP contribution is 2.44. The van der Waals surface area contributed by atoms with Gasteiger partial charge in [0.15, 0.2) is 6.04 Å². The van der Waals surface area contributed by atoms with Gasteiger partial charge in [0.1, 0.15) is 5.72 Å². The Morgan fingerprint density at radius 1 is 1.28 bits per heavy atom. The van der Waals surface area contributed by atoms with E-state index in [9.17, 15) is 14.7 Å². The summed E-state index contributed by atoms with van der Waals surface area (Å²) in [5, 5.41) is 9.65. The highest BCUT2D eigenvalue weighted by molar-refractivity contribution is 5.89. The van der Waals surface area contributed by atoms with Gasteiger partial charge in [-0.15, -0.1) is 0 Å². The molecule has 136 valence electrons. The maximum absolute atomic E-state index is 13.4. The van der Waals surface area contributed by atoms with Crippen molar-refractivity contribution in [3.8, 4) is 0 Å². The quantitative estimate of drug-likeness (QED) is 0.908. The van der Waals surface area contributed by atoms with Crippen LogP contribution in [0.3, 0.4) is 0 Å². The molecule has 0 radical (unpaired) electrons. The number of carbonyl (C=O) groups excluding carboxylic acids is 1. The number of carboxylic acid groups (broad SMARTS) is 1. The Morgan fingerprint density at radius 3 is 2.48 bits per heavy atom. The molecule has 5 heteroatoms. The maximum Gasteiger partial charge on any atom is 0.328 e. The summed E-state index contributed by atoms with van der Waals surface area (Å²) >= 11 is 0. The van der Waals surface area contributed by atoms with E-state index in [0.29, 0.717) is 12.3 Å². The van der Waals surface area contributed by atoms with Crippen molar-refractivity contribution < 1.29 is 19.4 Å². The molecule has 1 aromatic rings. The monoisotopic (exact) mass is 345 g/mol. The fourth-order valence-corrected chi connectivity index (χ4v) is 4.20. The largest absolute Gasteiger partial charge is 0.480 e. The smallest absolute Gasteiger partial charge is 0.328 e. The lowest BCUT2D eigenvalue weighted by molar-refractivity contribution is -0.166. The molecule has 1 N–H and O–H groups in total. The number of carbonyl (C=O) groups is 2. The van der Waals surface area contributed by atoms with Crippen LogP contribution in [0, 0.1) is 5.92 Å². The van der Waals surface area contributed by atoms with Crippen LogP contribution in [0.2, 0.25) is 0 Å². The van der Waals surface area contributed by atoms with Crippen LogP contribution >= 0.6 is 0 Å². The molecule has 1 saturated carbocycles. The summed E-state index contributed by atoms with van der Waals surface area (Å²) in [5.41, 5.74) is 0.194. The van der Waals surface area contributed by atoms with E-state index in [1.54, 1.807) is 4.90 Å². The molecule has 1 aliphatic carbocycles. The Labute approximate surface area is 149 Å². The fourth-order valence-electron chi connectivity index (χ4n) is 4.20. The first-order valence-electron chi connectivity index (χ1n) is 9.23. The molecular weight excluding hydrogens is 318 g/mol. The molecule has 0 bridgehead atoms. The number of nitrogens with zero attached hydrogens (tertiary/aromatic N) is 1. The first-order valence-corrected chi connectivity index (χ1v) is 9.23. The standard InChI is InChI=1S/C20H27NO4/c1-3-16(15-7-5-4-6-8-15)18(22)21-17(19(23)24)13-25-20(21)11-9-14(2)10-12-20/h4-8,14,16-17H,3,9-13H2,1-2H3,(H,23,24)/t14?,16-,17-,20?/m1/s1. The Morgan fingerprint density at radius 2 is 1.92 bits per heavy atom. The minimum Gasteiger partial charge on any atom is -0.480 e. The zero-order valence-electron chi connectivity index (χ0n) is 15.0. The molecule has 1 amide bonds. The summed E-state index contributed by atoms with van der Waals surface area (Å²) in [6, 6.07) is 8.74. The summed E-state index contributed by atoms with van der Waals surface area (Å²) in [6.07, 6.45) is 3.98. The Balaban J connectivity index is 1.93. The summed E-state index contributed by atoms with van der Waals surface area (Å²) < 4.78 is 5.99. The van der Waals surface area contributed by atoms with E-state index in [-0.39, 0.29) is 18.4 Å². The molecule has 1 spiro atoms. The molecule has 1 aromatic carbocycles. The van der Waals surface area contributed by atoms with Gasteiger partial charge in [-0.3, -0.25) is 9.69 Å². The first-order chi connectivity index (χ1) is 12.0. The molecule has 1 saturated heterocycles. The predicted molar refractivity (Wildman–Crippen MR) is 94.1 cm³/mol. The maximum atomic E-state index is 13.4. The van der Waals surface area contributed by atoms with Gasteiger partial charge in [0.05, 0.1) is 12.5 Å². The van der Waals surface area contributed by atoms with E-state index >= 15 is 0 Å². The third-order valence-electron chi connectivity index (χ3n) is 5.75. The molecule has 2 aliphatic rings. The number of hydrogen-bond donors (Lipinski definition) is 1. The van der Waals surface area contributed by atoms with Crippen molar-refractivity contribution in [2.24, 2.45) is 5.92 Å². The number of carboxylic acids is 1. The van der Waals surface area contributed by atoms with Gasteiger partial charge in [-0.05, 0) is 43.6 Å². The number of hydrogen-bond acceptors (Lipinski definition) is 3. The number of benzene rings is 1. The molecule has 5 nitrogen and oxygen atoms in total. The van der Waals surface area contributed by atoms with Gasteiger partial charge in [0, 0.05) is 0 Å². The number of aliphatic carboxylic acids is 1. The van der Waals surface area contributed by atoms with Crippen molar-refractivity contribution in [3.63, 3.8) is 0 Å². The molecular formula is C20H27NO4. The van der Waals surface area contributed by atoms with Crippen LogP contribution < -0.4 is 0 Å². The Bertz CT molecular complexity index is 622. The zero-order chi connectivity index (χ0) is 18.0. The SMILES string of the molecule is CC[C@@H](C(=O)N1[C@@H](C(=O)O)COC12CCC(C)CC2)c1ccccc1. The normalized spacial score (nSPS) is 30.4. The number of ether oxygens (including phenoxy) is 1. The second kappa shape index (κ2) is 7.16. The van der Waals surface area contributed by atoms with E-state index in [1.165, 1.54) is 0 Å². The summed E-state index contributed by atoms with van der Waals surface area (Å²) in [5.74, 6) is -0.841. The third-order valence-corrected chi connectivity index (χ3v) is 5.75. The van der Waals surface area contributed by atoms with Gasteiger partial charge < -0.3 is 9.84 Å². The lowest BCUT2D eigenvalue weighted by Crippen LogP contribution is -2.56. The van der Waals surface area contributed by atoms with Crippen LogP contribution in [0.15, 0.2) is 30.3 Å². The van der Waals surface area contributed by atoms with Gasteiger partial charge in [-0.25, -0.2) is 4.79 Å². The minimum absolute atomic E-state index is 0.0840. The van der Waals surface area contributed by atoms with Crippen molar-refractivity contribution in [2.45, 2.75) is 63.6 Å². The van der Waals surface area contributed by atoms with Crippen molar-refractivity contribution in [1.82, 2.24) is 4.90 Å². The van der Waals surface area contributed by atoms with Gasteiger partial charge in [0.25, 0.3) is 0 Å². The summed E-state index contributed by atoms with van der Waals surface area (Å²) in [6.45, 7) is 4.25. The molecule has 25 heavy (non-hydrogen) atoms. The van der Waals surface area contributed by atoms with Crippen LogP contribution in [0.5, 0.6) is 0 Å². The van der Waals surface area contributed by atoms with E-state index in [0.717, 1.165) is 31.2 Å². The minimum atomic E-state index is -0.980. The van der Waals surface area contributed by atoms with Crippen molar-refractivity contribution in [1.29, 1.82) is 0 Å². The first kappa shape index (κ1) is 17.9. The molecule has 2 atom stereocenters. The number of amides is 1. The predicted octanol–water partition coefficient (Wildman–Crippen LogP) is 3.40. The summed E-state index contributed by atoms with van der Waals surface area (Å²) in [7, 11) is 0. The summed E-state index contributed by atoms with van der Waals surface area (Å²) in [4.78, 5) is 26.8. The molecule has 0 unspecified atom stereocenters. The third kappa shape index (κ3) is 3.30. The van der Waals surface area contributed by atoms with Crippen LogP contribution in [-0.2, 0) is 14.3 Å². The van der Waals surface area contributed by atoms with Crippen molar-refractivity contribution >= 4 is 11.9 Å². The topological polar surface area (TPSA) is 66.8 Å². The van der Waals surface area contributed by atoms with E-state index < -0.39 is 17.7 Å². The Kier molecular flexibility index (Phi) is 5.13. The highest BCUT2D eigenvalue weighted by atomic mass is 16.5. The molecule has 1 aliphatic heterocycles. The zero-order valence-corrected chi connectivity index (χ0v) is 15.0. The molecule has 0 aromatic heterocycles. The second-order valence-electron chi connectivity index (χ2n) is 7.37. The van der Waals surface area contributed by atoms with Crippen molar-refractivity contribution in [2.75, 3.05) is 6.61 Å². The molecule has 3 rings (SSSR count). The van der Waals surface area contributed by atoms with Crippen LogP contribution in [-0.4, -0.2) is 40.3 Å². The van der Waals surface area contributed by atoms with Gasteiger partial charge in [0.2, 0.25) is 5.91 Å². The molecule has 1 heterocycles. The van der Waals surface area contributed by atoms with Gasteiger partial charge in [-0.1, -0.05) is 44.2 Å². The van der Waals surface area contributed by atoms with Gasteiger partial charge >= 0.3 is 5.97 Å². The molecule has 2 fully saturated rings. The lowest BCUT2D eigenvalue weighted by Gasteiger charge is -2.43. The average Bonchev–Trinajstić information content (AvgIpc) is 2.98. The Hall–Kier alpha value is -1.88. The van der Waals surface area contributed by atoms with E-state index in [2.05, 4.69) is 6.92 Å².